The standard InChI is InChI=1S/C16H14ClNO2/c1-8-6-10(20-3)7-12-14(8)18-15-9(2)13(17)5-4-11(15)16(12)19/h4-7H,1-3H3,(H,18,19). The molecule has 1 heterocycles. The lowest BCUT2D eigenvalue weighted by molar-refractivity contribution is 0.415. The maximum atomic E-state index is 12.7. The molecule has 20 heavy (non-hydrogen) atoms. The summed E-state index contributed by atoms with van der Waals surface area (Å²) >= 11 is 6.14. The molecule has 3 nitrogen and oxygen atoms in total. The largest absolute Gasteiger partial charge is 0.497 e. The summed E-state index contributed by atoms with van der Waals surface area (Å²) in [6.07, 6.45) is 0. The number of aromatic amines is 1. The summed E-state index contributed by atoms with van der Waals surface area (Å²) in [5.41, 5.74) is 3.48. The van der Waals surface area contributed by atoms with Crippen molar-refractivity contribution in [3.63, 3.8) is 0 Å². The molecule has 0 fully saturated rings. The molecule has 102 valence electrons. The van der Waals surface area contributed by atoms with Crippen LogP contribution in [0.5, 0.6) is 5.75 Å². The van der Waals surface area contributed by atoms with E-state index in [9.17, 15) is 4.79 Å². The third-order valence-corrected chi connectivity index (χ3v) is 4.09. The molecular weight excluding hydrogens is 274 g/mol. The summed E-state index contributed by atoms with van der Waals surface area (Å²) in [5.74, 6) is 0.686. The summed E-state index contributed by atoms with van der Waals surface area (Å²) in [4.78, 5) is 16.0. The molecule has 0 radical (unpaired) electrons. The van der Waals surface area contributed by atoms with Gasteiger partial charge >= 0.3 is 0 Å². The predicted molar refractivity (Wildman–Crippen MR) is 83.1 cm³/mol. The number of methoxy groups -OCH3 is 1. The van der Waals surface area contributed by atoms with E-state index in [2.05, 4.69) is 4.98 Å². The fourth-order valence-corrected chi connectivity index (χ4v) is 2.68. The third kappa shape index (κ3) is 1.78. The van der Waals surface area contributed by atoms with Crippen molar-refractivity contribution in [2.75, 3.05) is 7.11 Å². The van der Waals surface area contributed by atoms with Gasteiger partial charge in [-0.3, -0.25) is 4.79 Å². The van der Waals surface area contributed by atoms with Gasteiger partial charge in [0.25, 0.3) is 0 Å². The number of halogens is 1. The molecule has 0 spiro atoms. The van der Waals surface area contributed by atoms with Gasteiger partial charge in [-0.15, -0.1) is 0 Å². The normalized spacial score (nSPS) is 11.2. The molecule has 0 saturated carbocycles. The van der Waals surface area contributed by atoms with Gasteiger partial charge in [0, 0.05) is 10.4 Å². The zero-order valence-corrected chi connectivity index (χ0v) is 12.3. The molecule has 2 aromatic carbocycles. The number of H-pyrrole nitrogens is 1. The van der Waals surface area contributed by atoms with E-state index in [0.717, 1.165) is 22.2 Å². The van der Waals surface area contributed by atoms with Crippen molar-refractivity contribution < 1.29 is 4.74 Å². The van der Waals surface area contributed by atoms with Crippen molar-refractivity contribution in [3.8, 4) is 5.75 Å². The van der Waals surface area contributed by atoms with E-state index in [-0.39, 0.29) is 5.43 Å². The van der Waals surface area contributed by atoms with Crippen LogP contribution in [0.15, 0.2) is 29.1 Å². The minimum absolute atomic E-state index is 0.00415. The van der Waals surface area contributed by atoms with Gasteiger partial charge in [0.2, 0.25) is 0 Å². The zero-order valence-electron chi connectivity index (χ0n) is 11.5. The molecular formula is C16H14ClNO2. The molecule has 0 saturated heterocycles. The van der Waals surface area contributed by atoms with E-state index >= 15 is 0 Å². The van der Waals surface area contributed by atoms with E-state index < -0.39 is 0 Å². The number of hydrogen-bond donors (Lipinski definition) is 1. The summed E-state index contributed by atoms with van der Waals surface area (Å²) in [5, 5.41) is 1.93. The topological polar surface area (TPSA) is 42.1 Å². The minimum atomic E-state index is -0.00415. The number of rotatable bonds is 1. The molecule has 4 heteroatoms. The van der Waals surface area contributed by atoms with Gasteiger partial charge in [-0.1, -0.05) is 11.6 Å². The molecule has 1 aromatic heterocycles. The van der Waals surface area contributed by atoms with Crippen molar-refractivity contribution in [2.45, 2.75) is 13.8 Å². The van der Waals surface area contributed by atoms with E-state index in [0.29, 0.717) is 21.5 Å². The molecule has 0 atom stereocenters. The molecule has 3 aromatic rings. The summed E-state index contributed by atoms with van der Waals surface area (Å²) in [6.45, 7) is 3.86. The molecule has 0 unspecified atom stereocenters. The summed E-state index contributed by atoms with van der Waals surface area (Å²) in [7, 11) is 1.60. The van der Waals surface area contributed by atoms with Crippen LogP contribution in [0.4, 0.5) is 0 Å². The van der Waals surface area contributed by atoms with E-state index in [1.807, 2.05) is 19.9 Å². The van der Waals surface area contributed by atoms with E-state index in [1.165, 1.54) is 0 Å². The molecule has 3 rings (SSSR count). The summed E-state index contributed by atoms with van der Waals surface area (Å²) < 4.78 is 5.24. The Morgan fingerprint density at radius 3 is 2.55 bits per heavy atom. The van der Waals surface area contributed by atoms with Crippen LogP contribution in [0.1, 0.15) is 11.1 Å². The third-order valence-electron chi connectivity index (χ3n) is 3.68. The maximum absolute atomic E-state index is 12.7. The molecule has 0 aliphatic rings. The van der Waals surface area contributed by atoms with Crippen LogP contribution in [-0.2, 0) is 0 Å². The SMILES string of the molecule is COc1cc(C)c2[nH]c3c(C)c(Cl)ccc3c(=O)c2c1. The minimum Gasteiger partial charge on any atom is -0.497 e. The molecule has 0 bridgehead atoms. The van der Waals surface area contributed by atoms with Gasteiger partial charge in [-0.2, -0.15) is 0 Å². The van der Waals surface area contributed by atoms with Crippen LogP contribution >= 0.6 is 11.6 Å². The quantitative estimate of drug-likeness (QED) is 0.688. The Labute approximate surface area is 121 Å². The number of benzene rings is 2. The molecule has 0 amide bonds. The van der Waals surface area contributed by atoms with E-state index in [1.54, 1.807) is 25.3 Å². The highest BCUT2D eigenvalue weighted by Gasteiger charge is 2.11. The highest BCUT2D eigenvalue weighted by Crippen LogP contribution is 2.27. The predicted octanol–water partition coefficient (Wildman–Crippen LogP) is 3.96. The molecule has 0 aliphatic carbocycles. The number of nitrogens with one attached hydrogen (secondary N) is 1. The number of aryl methyl sites for hydroxylation is 2. The highest BCUT2D eigenvalue weighted by molar-refractivity contribution is 6.32. The van der Waals surface area contributed by atoms with Gasteiger partial charge in [-0.25, -0.2) is 0 Å². The Hall–Kier alpha value is -2.00. The second-order valence-electron chi connectivity index (χ2n) is 4.92. The van der Waals surface area contributed by atoms with Gasteiger partial charge in [0.15, 0.2) is 5.43 Å². The molecule has 0 aliphatic heterocycles. The molecule has 1 N–H and O–H groups in total. The number of fused-ring (bicyclic) bond motifs is 2. The fourth-order valence-electron chi connectivity index (χ4n) is 2.52. The number of pyridine rings is 1. The van der Waals surface area contributed by atoms with Crippen molar-refractivity contribution in [1.82, 2.24) is 4.98 Å². The Kier molecular flexibility index (Phi) is 2.94. The van der Waals surface area contributed by atoms with Crippen molar-refractivity contribution in [3.05, 3.63) is 50.6 Å². The number of ether oxygens (including phenoxy) is 1. The van der Waals surface area contributed by atoms with Crippen LogP contribution in [0.2, 0.25) is 5.02 Å². The first-order valence-electron chi connectivity index (χ1n) is 6.32. The average molecular weight is 288 g/mol. The first kappa shape index (κ1) is 13.0. The number of aromatic nitrogens is 1. The Balaban J connectivity index is 2.57. The van der Waals surface area contributed by atoms with Crippen molar-refractivity contribution in [1.29, 1.82) is 0 Å². The van der Waals surface area contributed by atoms with Gasteiger partial charge in [0.05, 0.1) is 23.5 Å². The van der Waals surface area contributed by atoms with Crippen LogP contribution in [-0.4, -0.2) is 12.1 Å². The van der Waals surface area contributed by atoms with Gasteiger partial charge in [0.1, 0.15) is 5.75 Å². The monoisotopic (exact) mass is 287 g/mol. The second kappa shape index (κ2) is 4.53. The first-order chi connectivity index (χ1) is 9.52. The Bertz CT molecular complexity index is 896. The lowest BCUT2D eigenvalue weighted by Gasteiger charge is -2.10. The number of hydrogen-bond acceptors (Lipinski definition) is 2. The van der Waals surface area contributed by atoms with Gasteiger partial charge < -0.3 is 9.72 Å². The zero-order chi connectivity index (χ0) is 14.4. The first-order valence-corrected chi connectivity index (χ1v) is 6.70. The summed E-state index contributed by atoms with van der Waals surface area (Å²) in [6, 6.07) is 7.19. The van der Waals surface area contributed by atoms with Crippen LogP contribution in [0.25, 0.3) is 21.8 Å². The van der Waals surface area contributed by atoms with Crippen molar-refractivity contribution >= 4 is 33.4 Å². The fraction of sp³-hybridized carbons (Fsp3) is 0.188. The second-order valence-corrected chi connectivity index (χ2v) is 5.32. The highest BCUT2D eigenvalue weighted by atomic mass is 35.5. The van der Waals surface area contributed by atoms with Crippen LogP contribution in [0.3, 0.4) is 0 Å². The lowest BCUT2D eigenvalue weighted by Crippen LogP contribution is -2.06. The Morgan fingerprint density at radius 2 is 1.85 bits per heavy atom. The lowest BCUT2D eigenvalue weighted by atomic mass is 10.0. The van der Waals surface area contributed by atoms with Crippen molar-refractivity contribution in [2.24, 2.45) is 0 Å². The van der Waals surface area contributed by atoms with Gasteiger partial charge in [-0.05, 0) is 49.2 Å². The van der Waals surface area contributed by atoms with Crippen LogP contribution < -0.4 is 10.2 Å². The smallest absolute Gasteiger partial charge is 0.197 e. The van der Waals surface area contributed by atoms with Crippen LogP contribution in [0, 0.1) is 13.8 Å². The Morgan fingerprint density at radius 1 is 1.10 bits per heavy atom. The maximum Gasteiger partial charge on any atom is 0.197 e. The van der Waals surface area contributed by atoms with E-state index in [4.69, 9.17) is 16.3 Å². The average Bonchev–Trinajstić information content (AvgIpc) is 2.44.